The van der Waals surface area contributed by atoms with Gasteiger partial charge in [-0.05, 0) is 49.5 Å². The van der Waals surface area contributed by atoms with Crippen molar-refractivity contribution in [2.45, 2.75) is 31.4 Å². The molecule has 0 saturated carbocycles. The molecule has 0 aliphatic carbocycles. The minimum Gasteiger partial charge on any atom is -0.483 e. The molecule has 0 radical (unpaired) electrons. The van der Waals surface area contributed by atoms with E-state index >= 15 is 4.39 Å². The SMILES string of the molecule is Cn1cc(-c2ncnc3c2COc2c(F)cc(C4CCN(C5CNC5)CC4)cc2N3)cn1. The van der Waals surface area contributed by atoms with Crippen molar-refractivity contribution < 1.29 is 9.13 Å². The lowest BCUT2D eigenvalue weighted by Gasteiger charge is -2.42. The Hall–Kier alpha value is -3.04. The molecule has 2 saturated heterocycles. The van der Waals surface area contributed by atoms with Gasteiger partial charge in [0, 0.05) is 37.9 Å². The van der Waals surface area contributed by atoms with Crippen LogP contribution in [-0.4, -0.2) is 56.9 Å². The van der Waals surface area contributed by atoms with E-state index in [1.165, 1.54) is 6.33 Å². The molecular formula is C23H26FN7O. The Morgan fingerprint density at radius 3 is 2.72 bits per heavy atom. The third-order valence-corrected chi connectivity index (χ3v) is 6.88. The van der Waals surface area contributed by atoms with Gasteiger partial charge in [0.05, 0.1) is 23.1 Å². The molecule has 32 heavy (non-hydrogen) atoms. The fourth-order valence-corrected chi connectivity index (χ4v) is 4.94. The number of benzene rings is 1. The van der Waals surface area contributed by atoms with E-state index in [0.717, 1.165) is 61.4 Å². The maximum Gasteiger partial charge on any atom is 0.178 e. The Kier molecular flexibility index (Phi) is 4.80. The zero-order chi connectivity index (χ0) is 21.7. The number of halogens is 1. The van der Waals surface area contributed by atoms with Gasteiger partial charge in [0.1, 0.15) is 18.8 Å². The highest BCUT2D eigenvalue weighted by Gasteiger charge is 2.30. The lowest BCUT2D eigenvalue weighted by Crippen LogP contribution is -2.58. The largest absolute Gasteiger partial charge is 0.483 e. The molecule has 1 aromatic carbocycles. The second kappa shape index (κ2) is 7.83. The first-order valence-electron chi connectivity index (χ1n) is 11.2. The number of nitrogens with one attached hydrogen (secondary N) is 2. The van der Waals surface area contributed by atoms with Gasteiger partial charge >= 0.3 is 0 Å². The first-order chi connectivity index (χ1) is 15.7. The number of ether oxygens (including phenoxy) is 1. The zero-order valence-corrected chi connectivity index (χ0v) is 18.0. The molecule has 9 heteroatoms. The van der Waals surface area contributed by atoms with Crippen LogP contribution in [-0.2, 0) is 13.7 Å². The molecule has 0 atom stereocenters. The third-order valence-electron chi connectivity index (χ3n) is 6.88. The fraction of sp³-hybridized carbons (Fsp3) is 0.435. The molecule has 0 bridgehead atoms. The minimum atomic E-state index is -0.334. The van der Waals surface area contributed by atoms with Gasteiger partial charge in [-0.3, -0.25) is 9.58 Å². The molecule has 2 aromatic heterocycles. The van der Waals surface area contributed by atoms with Crippen molar-refractivity contribution in [3.05, 3.63) is 47.8 Å². The summed E-state index contributed by atoms with van der Waals surface area (Å²) in [7, 11) is 1.86. The van der Waals surface area contributed by atoms with E-state index in [9.17, 15) is 0 Å². The highest BCUT2D eigenvalue weighted by atomic mass is 19.1. The quantitative estimate of drug-likeness (QED) is 0.655. The molecular weight excluding hydrogens is 409 g/mol. The molecule has 6 rings (SSSR count). The molecule has 0 unspecified atom stereocenters. The van der Waals surface area contributed by atoms with Crippen molar-refractivity contribution in [1.29, 1.82) is 0 Å². The van der Waals surface area contributed by atoms with Gasteiger partial charge in [0.15, 0.2) is 11.6 Å². The van der Waals surface area contributed by atoms with E-state index in [0.29, 0.717) is 23.5 Å². The van der Waals surface area contributed by atoms with Crippen LogP contribution in [0.5, 0.6) is 5.75 Å². The molecule has 8 nitrogen and oxygen atoms in total. The number of hydrogen-bond donors (Lipinski definition) is 2. The lowest BCUT2D eigenvalue weighted by molar-refractivity contribution is 0.113. The van der Waals surface area contributed by atoms with Crippen molar-refractivity contribution >= 4 is 11.5 Å². The molecule has 0 spiro atoms. The number of aromatic nitrogens is 4. The van der Waals surface area contributed by atoms with E-state index in [-0.39, 0.29) is 18.2 Å². The van der Waals surface area contributed by atoms with E-state index in [1.54, 1.807) is 16.9 Å². The van der Waals surface area contributed by atoms with Crippen LogP contribution >= 0.6 is 0 Å². The van der Waals surface area contributed by atoms with Gasteiger partial charge in [0.25, 0.3) is 0 Å². The second-order valence-electron chi connectivity index (χ2n) is 8.87. The van der Waals surface area contributed by atoms with Gasteiger partial charge in [0.2, 0.25) is 0 Å². The maximum atomic E-state index is 15.2. The molecule has 5 heterocycles. The predicted octanol–water partition coefficient (Wildman–Crippen LogP) is 2.80. The van der Waals surface area contributed by atoms with Crippen LogP contribution < -0.4 is 15.4 Å². The van der Waals surface area contributed by atoms with E-state index in [4.69, 9.17) is 4.74 Å². The van der Waals surface area contributed by atoms with Crippen LogP contribution in [0.2, 0.25) is 0 Å². The predicted molar refractivity (Wildman–Crippen MR) is 118 cm³/mol. The summed E-state index contributed by atoms with van der Waals surface area (Å²) in [6, 6.07) is 4.35. The van der Waals surface area contributed by atoms with Crippen LogP contribution in [0.3, 0.4) is 0 Å². The molecule has 0 amide bonds. The van der Waals surface area contributed by atoms with Gasteiger partial charge in [-0.1, -0.05) is 0 Å². The summed E-state index contributed by atoms with van der Waals surface area (Å²) < 4.78 is 22.8. The number of rotatable bonds is 3. The first-order valence-corrected chi connectivity index (χ1v) is 11.2. The summed E-state index contributed by atoms with van der Waals surface area (Å²) in [5.74, 6) is 0.891. The Bertz CT molecular complexity index is 1150. The maximum absolute atomic E-state index is 15.2. The summed E-state index contributed by atoms with van der Waals surface area (Å²) in [5, 5.41) is 10.9. The van der Waals surface area contributed by atoms with Gasteiger partial charge < -0.3 is 15.4 Å². The summed E-state index contributed by atoms with van der Waals surface area (Å²) >= 11 is 0. The van der Waals surface area contributed by atoms with Crippen LogP contribution in [0.25, 0.3) is 11.3 Å². The second-order valence-corrected chi connectivity index (χ2v) is 8.87. The molecule has 3 aromatic rings. The van der Waals surface area contributed by atoms with Gasteiger partial charge in [-0.15, -0.1) is 0 Å². The van der Waals surface area contributed by atoms with E-state index < -0.39 is 0 Å². The number of piperidine rings is 1. The number of fused-ring (bicyclic) bond motifs is 2. The third kappa shape index (κ3) is 3.41. The average Bonchev–Trinajstić information content (AvgIpc) is 3.09. The van der Waals surface area contributed by atoms with Crippen molar-refractivity contribution in [1.82, 2.24) is 30.0 Å². The number of hydrogen-bond acceptors (Lipinski definition) is 7. The number of aryl methyl sites for hydroxylation is 1. The van der Waals surface area contributed by atoms with Crippen LogP contribution in [0, 0.1) is 5.82 Å². The number of anilines is 2. The average molecular weight is 436 g/mol. The summed E-state index contributed by atoms with van der Waals surface area (Å²) in [6.07, 6.45) is 7.25. The topological polar surface area (TPSA) is 80.1 Å². The summed E-state index contributed by atoms with van der Waals surface area (Å²) in [6.45, 7) is 4.47. The van der Waals surface area contributed by atoms with Crippen LogP contribution in [0.1, 0.15) is 29.9 Å². The monoisotopic (exact) mass is 435 g/mol. The molecule has 2 N–H and O–H groups in total. The minimum absolute atomic E-state index is 0.185. The molecule has 2 fully saturated rings. The number of likely N-dealkylation sites (tertiary alicyclic amines) is 1. The Morgan fingerprint density at radius 1 is 1.16 bits per heavy atom. The van der Waals surface area contributed by atoms with Crippen LogP contribution in [0.4, 0.5) is 15.9 Å². The van der Waals surface area contributed by atoms with Crippen molar-refractivity contribution in [3.8, 4) is 17.0 Å². The van der Waals surface area contributed by atoms with Crippen LogP contribution in [0.15, 0.2) is 30.9 Å². The first kappa shape index (κ1) is 19.6. The summed E-state index contributed by atoms with van der Waals surface area (Å²) in [5.41, 5.74) is 4.05. The zero-order valence-electron chi connectivity index (χ0n) is 18.0. The Balaban J connectivity index is 1.28. The van der Waals surface area contributed by atoms with E-state index in [1.807, 2.05) is 19.3 Å². The van der Waals surface area contributed by atoms with Gasteiger partial charge in [-0.25, -0.2) is 14.4 Å². The van der Waals surface area contributed by atoms with Crippen molar-refractivity contribution in [2.75, 3.05) is 31.5 Å². The Labute approximate surface area is 185 Å². The summed E-state index contributed by atoms with van der Waals surface area (Å²) in [4.78, 5) is 11.4. The molecule has 3 aliphatic rings. The van der Waals surface area contributed by atoms with Crippen molar-refractivity contribution in [2.24, 2.45) is 7.05 Å². The standard InChI is InChI=1S/C23H26FN7O/c1-30-11-16(8-28-30)21-18-12-32-22-19(24)6-15(7-20(22)29-23(18)27-13-26-21)14-2-4-31(5-3-14)17-9-25-10-17/h6-8,11,13-14,17,25H,2-5,9-10,12H2,1H3,(H,26,27,29). The fourth-order valence-electron chi connectivity index (χ4n) is 4.94. The van der Waals surface area contributed by atoms with Gasteiger partial charge in [-0.2, -0.15) is 5.10 Å². The highest BCUT2D eigenvalue weighted by Crippen LogP contribution is 2.41. The normalized spacial score (nSPS) is 19.3. The Morgan fingerprint density at radius 2 is 2.00 bits per heavy atom. The van der Waals surface area contributed by atoms with E-state index in [2.05, 4.69) is 30.6 Å². The molecule has 166 valence electrons. The smallest absolute Gasteiger partial charge is 0.178 e. The highest BCUT2D eigenvalue weighted by molar-refractivity contribution is 5.74. The number of nitrogens with zero attached hydrogens (tertiary/aromatic N) is 5. The molecule has 3 aliphatic heterocycles. The lowest BCUT2D eigenvalue weighted by atomic mass is 9.88. The van der Waals surface area contributed by atoms with Crippen molar-refractivity contribution in [3.63, 3.8) is 0 Å².